The van der Waals surface area contributed by atoms with Gasteiger partial charge < -0.3 is 14.5 Å². The molecule has 0 saturated heterocycles. The Morgan fingerprint density at radius 2 is 2.29 bits per heavy atom. The van der Waals surface area contributed by atoms with E-state index in [0.717, 1.165) is 11.5 Å². The van der Waals surface area contributed by atoms with Crippen molar-refractivity contribution >= 4 is 17.4 Å². The third-order valence-electron chi connectivity index (χ3n) is 2.13. The molecule has 0 bridgehead atoms. The smallest absolute Gasteiger partial charge is 0.318 e. The summed E-state index contributed by atoms with van der Waals surface area (Å²) in [7, 11) is 1.50. The second-order valence-electron chi connectivity index (χ2n) is 3.42. The molecular formula is C11H12ClN3O2. The summed E-state index contributed by atoms with van der Waals surface area (Å²) < 4.78 is 10.3. The molecule has 0 fully saturated rings. The topological polar surface area (TPSA) is 60.2 Å². The maximum absolute atomic E-state index is 5.95. The highest BCUT2D eigenvalue weighted by Crippen LogP contribution is 2.21. The molecule has 0 aliphatic carbocycles. The third-order valence-corrected chi connectivity index (χ3v) is 2.41. The van der Waals surface area contributed by atoms with Gasteiger partial charge in [0.15, 0.2) is 5.82 Å². The van der Waals surface area contributed by atoms with Crippen LogP contribution < -0.4 is 10.1 Å². The lowest BCUT2D eigenvalue weighted by molar-refractivity contribution is 0.380. The number of furan rings is 1. The molecule has 0 atom stereocenters. The normalized spacial score (nSPS) is 10.3. The van der Waals surface area contributed by atoms with E-state index in [9.17, 15) is 0 Å². The molecule has 0 aliphatic heterocycles. The van der Waals surface area contributed by atoms with Crippen molar-refractivity contribution in [2.45, 2.75) is 13.5 Å². The Balaban J connectivity index is 2.07. The highest BCUT2D eigenvalue weighted by molar-refractivity contribution is 6.32. The molecule has 0 radical (unpaired) electrons. The highest BCUT2D eigenvalue weighted by Gasteiger charge is 2.06. The molecular weight excluding hydrogens is 242 g/mol. The number of rotatable bonds is 4. The first-order chi connectivity index (χ1) is 8.19. The van der Waals surface area contributed by atoms with Crippen molar-refractivity contribution in [3.8, 4) is 6.01 Å². The average Bonchev–Trinajstić information content (AvgIpc) is 2.74. The number of nitrogens with one attached hydrogen (secondary N) is 1. The van der Waals surface area contributed by atoms with Crippen molar-refractivity contribution in [1.29, 1.82) is 0 Å². The molecule has 0 spiro atoms. The average molecular weight is 254 g/mol. The summed E-state index contributed by atoms with van der Waals surface area (Å²) in [5.41, 5.74) is 0. The third kappa shape index (κ3) is 2.88. The highest BCUT2D eigenvalue weighted by atomic mass is 35.5. The van der Waals surface area contributed by atoms with Crippen LogP contribution in [0.4, 0.5) is 5.82 Å². The van der Waals surface area contributed by atoms with Gasteiger partial charge in [0.05, 0.1) is 19.9 Å². The zero-order valence-electron chi connectivity index (χ0n) is 9.53. The lowest BCUT2D eigenvalue weighted by Crippen LogP contribution is -2.03. The Morgan fingerprint density at radius 3 is 2.94 bits per heavy atom. The van der Waals surface area contributed by atoms with Gasteiger partial charge in [0, 0.05) is 0 Å². The molecule has 2 rings (SSSR count). The van der Waals surface area contributed by atoms with Gasteiger partial charge in [-0.3, -0.25) is 0 Å². The summed E-state index contributed by atoms with van der Waals surface area (Å²) in [6, 6.07) is 4.07. The van der Waals surface area contributed by atoms with Crippen molar-refractivity contribution in [2.75, 3.05) is 12.4 Å². The van der Waals surface area contributed by atoms with E-state index in [4.69, 9.17) is 20.8 Å². The number of halogens is 1. The van der Waals surface area contributed by atoms with Gasteiger partial charge in [0.25, 0.3) is 0 Å². The Bertz CT molecular complexity index is 513. The Kier molecular flexibility index (Phi) is 3.49. The summed E-state index contributed by atoms with van der Waals surface area (Å²) in [4.78, 5) is 7.98. The van der Waals surface area contributed by atoms with Crippen molar-refractivity contribution in [1.82, 2.24) is 9.97 Å². The van der Waals surface area contributed by atoms with E-state index in [-0.39, 0.29) is 6.01 Å². The molecule has 0 unspecified atom stereocenters. The number of methoxy groups -OCH3 is 1. The fourth-order valence-corrected chi connectivity index (χ4v) is 1.48. The summed E-state index contributed by atoms with van der Waals surface area (Å²) >= 11 is 5.95. The van der Waals surface area contributed by atoms with Crippen LogP contribution in [0.15, 0.2) is 22.7 Å². The first kappa shape index (κ1) is 11.7. The van der Waals surface area contributed by atoms with Crippen LogP contribution in [0.3, 0.4) is 0 Å². The van der Waals surface area contributed by atoms with Crippen LogP contribution in [0.2, 0.25) is 5.02 Å². The lowest BCUT2D eigenvalue weighted by atomic mass is 10.4. The Morgan fingerprint density at radius 1 is 1.47 bits per heavy atom. The zero-order chi connectivity index (χ0) is 12.3. The first-order valence-corrected chi connectivity index (χ1v) is 5.42. The molecule has 17 heavy (non-hydrogen) atoms. The number of nitrogens with zero attached hydrogens (tertiary/aromatic N) is 2. The minimum absolute atomic E-state index is 0.271. The standard InChI is InChI=1S/C11H12ClN3O2/c1-7-3-4-8(17-7)5-13-10-9(12)6-14-11(15-10)16-2/h3-4,6H,5H2,1-2H3,(H,13,14,15). The second-order valence-corrected chi connectivity index (χ2v) is 3.83. The van der Waals surface area contributed by atoms with Gasteiger partial charge in [-0.15, -0.1) is 0 Å². The van der Waals surface area contributed by atoms with Gasteiger partial charge in [0.2, 0.25) is 0 Å². The van der Waals surface area contributed by atoms with Crippen LogP contribution in [0, 0.1) is 6.92 Å². The fraction of sp³-hybridized carbons (Fsp3) is 0.273. The maximum atomic E-state index is 5.95. The first-order valence-electron chi connectivity index (χ1n) is 5.05. The van der Waals surface area contributed by atoms with Crippen LogP contribution >= 0.6 is 11.6 Å². The van der Waals surface area contributed by atoms with Crippen molar-refractivity contribution in [3.63, 3.8) is 0 Å². The van der Waals surface area contributed by atoms with E-state index < -0.39 is 0 Å². The molecule has 2 heterocycles. The molecule has 2 aromatic heterocycles. The zero-order valence-corrected chi connectivity index (χ0v) is 10.3. The molecule has 0 aliphatic rings. The van der Waals surface area contributed by atoms with E-state index in [2.05, 4.69) is 15.3 Å². The SMILES string of the molecule is COc1ncc(Cl)c(NCc2ccc(C)o2)n1. The van der Waals surface area contributed by atoms with E-state index >= 15 is 0 Å². The molecule has 0 amide bonds. The van der Waals surface area contributed by atoms with Crippen LogP contribution in [-0.2, 0) is 6.54 Å². The van der Waals surface area contributed by atoms with Gasteiger partial charge >= 0.3 is 6.01 Å². The van der Waals surface area contributed by atoms with Gasteiger partial charge in [-0.25, -0.2) is 4.98 Å². The van der Waals surface area contributed by atoms with Gasteiger partial charge in [-0.05, 0) is 19.1 Å². The van der Waals surface area contributed by atoms with E-state index in [1.165, 1.54) is 13.3 Å². The second kappa shape index (κ2) is 5.05. The number of hydrogen-bond donors (Lipinski definition) is 1. The molecule has 1 N–H and O–H groups in total. The van der Waals surface area contributed by atoms with Crippen LogP contribution in [0.5, 0.6) is 6.01 Å². The molecule has 0 aromatic carbocycles. The number of aryl methyl sites for hydroxylation is 1. The minimum Gasteiger partial charge on any atom is -0.467 e. The number of hydrogen-bond acceptors (Lipinski definition) is 5. The summed E-state index contributed by atoms with van der Waals surface area (Å²) in [5.74, 6) is 2.21. The van der Waals surface area contributed by atoms with Crippen LogP contribution in [0.25, 0.3) is 0 Å². The Labute approximate surface area is 104 Å². The van der Waals surface area contributed by atoms with E-state index in [0.29, 0.717) is 17.4 Å². The predicted molar refractivity (Wildman–Crippen MR) is 64.4 cm³/mol. The summed E-state index contributed by atoms with van der Waals surface area (Å²) in [5, 5.41) is 3.50. The molecule has 2 aromatic rings. The molecule has 6 heteroatoms. The van der Waals surface area contributed by atoms with Crippen molar-refractivity contribution in [3.05, 3.63) is 34.9 Å². The van der Waals surface area contributed by atoms with Gasteiger partial charge in [-0.1, -0.05) is 11.6 Å². The van der Waals surface area contributed by atoms with Crippen molar-refractivity contribution < 1.29 is 9.15 Å². The number of aromatic nitrogens is 2. The number of ether oxygens (including phenoxy) is 1. The molecule has 90 valence electrons. The Hall–Kier alpha value is -1.75. The lowest BCUT2D eigenvalue weighted by Gasteiger charge is -2.06. The molecule has 5 nitrogen and oxygen atoms in total. The minimum atomic E-state index is 0.271. The summed E-state index contributed by atoms with van der Waals surface area (Å²) in [6.45, 7) is 2.40. The molecule has 0 saturated carbocycles. The van der Waals surface area contributed by atoms with Gasteiger partial charge in [0.1, 0.15) is 16.5 Å². The van der Waals surface area contributed by atoms with Crippen molar-refractivity contribution in [2.24, 2.45) is 0 Å². The van der Waals surface area contributed by atoms with Crippen LogP contribution in [-0.4, -0.2) is 17.1 Å². The number of anilines is 1. The largest absolute Gasteiger partial charge is 0.467 e. The quantitative estimate of drug-likeness (QED) is 0.908. The van der Waals surface area contributed by atoms with Gasteiger partial charge in [-0.2, -0.15) is 4.98 Å². The van der Waals surface area contributed by atoms with E-state index in [1.54, 1.807) is 0 Å². The monoisotopic (exact) mass is 253 g/mol. The summed E-state index contributed by atoms with van der Waals surface area (Å²) in [6.07, 6.45) is 1.49. The fourth-order valence-electron chi connectivity index (χ4n) is 1.32. The predicted octanol–water partition coefficient (Wildman–Crippen LogP) is 2.65. The van der Waals surface area contributed by atoms with E-state index in [1.807, 2.05) is 19.1 Å². The van der Waals surface area contributed by atoms with Crippen LogP contribution in [0.1, 0.15) is 11.5 Å². The maximum Gasteiger partial charge on any atom is 0.318 e.